The normalized spacial score (nSPS) is 10.9. The van der Waals surface area contributed by atoms with E-state index in [1.165, 1.54) is 154 Å². The van der Waals surface area contributed by atoms with Gasteiger partial charge in [-0.15, -0.1) is 0 Å². The lowest BCUT2D eigenvalue weighted by atomic mass is 10.1. The van der Waals surface area contributed by atoms with Crippen molar-refractivity contribution in [3.8, 4) is 17.2 Å². The quantitative estimate of drug-likeness (QED) is 0.0199. The average molecular weight is 1260 g/mol. The molecule has 6 N–H and O–H groups in total. The van der Waals surface area contributed by atoms with E-state index in [0.29, 0.717) is 35.7 Å². The van der Waals surface area contributed by atoms with Gasteiger partial charge < -0.3 is 46.1 Å². The van der Waals surface area contributed by atoms with Crippen LogP contribution in [-0.4, -0.2) is 49.7 Å². The molecule has 2 aromatic heterocycles. The Morgan fingerprint density at radius 1 is 0.237 bits per heavy atom. The molecule has 0 atom stereocenters. The number of nitrogens with zero attached hydrogens (tertiary/aromatic N) is 6. The largest absolute Gasteiger partial charge is 0.494 e. The van der Waals surface area contributed by atoms with Crippen LogP contribution in [0.3, 0.4) is 0 Å². The summed E-state index contributed by atoms with van der Waals surface area (Å²) < 4.78 is 18.2. The van der Waals surface area contributed by atoms with Gasteiger partial charge in [0.25, 0.3) is 0 Å². The first-order chi connectivity index (χ1) is 45.7. The zero-order valence-electron chi connectivity index (χ0n) is 57.0. The number of aryl methyl sites for hydroxylation is 3. The summed E-state index contributed by atoms with van der Waals surface area (Å²) in [6.07, 6.45) is 35.1. The molecule has 0 aliphatic carbocycles. The summed E-state index contributed by atoms with van der Waals surface area (Å²) in [5.74, 6) is 5.22. The standard InChI is InChI=1S/C54H84N6O3.C24H24N6/c1-4-7-10-13-16-19-22-25-28-43-61-49-37-31-46(32-38-49)55-52-58-53(56-47-33-39-50(40-34-47)62-44-29-26-23-20-17-14-11-8-5-2)60-54(59-52)57-48-35-41-51(42-36-48)63-45-30-27-24-21-18-15-12-9-6-3;1-16-7-4-10-19(13-16)25-22-28-23(26-20-11-5-8-17(2)14-20)30-24(29-22)27-21-12-6-9-18(3)15-21/h31-42H,4-30,43-45H2,1-3H3,(H3,55,56,57,58,59,60);4-15H,1-3H3,(H3,25,26,27,28,29,30). The number of unbranched alkanes of at least 4 members (excludes halogenated alkanes) is 24. The van der Waals surface area contributed by atoms with Gasteiger partial charge in [0.05, 0.1) is 19.8 Å². The maximum Gasteiger partial charge on any atom is 0.233 e. The van der Waals surface area contributed by atoms with Crippen molar-refractivity contribution < 1.29 is 14.2 Å². The van der Waals surface area contributed by atoms with Gasteiger partial charge in [0, 0.05) is 34.1 Å². The highest BCUT2D eigenvalue weighted by Crippen LogP contribution is 2.27. The SMILES string of the molecule is CCCCCCCCCCCOc1ccc(Nc2nc(Nc3ccc(OCCCCCCCCCCC)cc3)nc(Nc3ccc(OCCCCCCCCCCC)cc3)n2)cc1.Cc1cccc(Nc2nc(Nc3cccc(C)c3)nc(Nc3cccc(C)c3)n2)c1. The lowest BCUT2D eigenvalue weighted by Crippen LogP contribution is -2.07. The van der Waals surface area contributed by atoms with E-state index in [4.69, 9.17) is 29.2 Å². The molecule has 0 aliphatic rings. The molecule has 0 spiro atoms. The van der Waals surface area contributed by atoms with Gasteiger partial charge in [-0.1, -0.05) is 211 Å². The maximum atomic E-state index is 6.06. The van der Waals surface area contributed by atoms with E-state index in [1.807, 2.05) is 166 Å². The minimum Gasteiger partial charge on any atom is -0.494 e. The molecule has 15 heteroatoms. The van der Waals surface area contributed by atoms with Crippen molar-refractivity contribution >= 4 is 69.8 Å². The molecule has 8 rings (SSSR count). The van der Waals surface area contributed by atoms with Crippen LogP contribution in [0.25, 0.3) is 0 Å². The summed E-state index contributed by atoms with van der Waals surface area (Å²) in [5.41, 5.74) is 8.81. The molecule has 8 aromatic rings. The van der Waals surface area contributed by atoms with Crippen LogP contribution in [-0.2, 0) is 0 Å². The number of aromatic nitrogens is 6. The fraction of sp³-hybridized carbons (Fsp3) is 0.462. The molecule has 0 unspecified atom stereocenters. The third-order valence-corrected chi connectivity index (χ3v) is 16.0. The Bertz CT molecular complexity index is 2920. The number of hydrogen-bond acceptors (Lipinski definition) is 15. The van der Waals surface area contributed by atoms with Gasteiger partial charge in [-0.25, -0.2) is 0 Å². The number of rotatable bonds is 45. The maximum absolute atomic E-state index is 6.06. The molecule has 498 valence electrons. The van der Waals surface area contributed by atoms with Gasteiger partial charge in [-0.05, 0) is 166 Å². The molecule has 2 heterocycles. The Balaban J connectivity index is 0.000000337. The highest BCUT2D eigenvalue weighted by Gasteiger charge is 2.12. The van der Waals surface area contributed by atoms with E-state index in [-0.39, 0.29) is 0 Å². The van der Waals surface area contributed by atoms with Crippen LogP contribution in [0.5, 0.6) is 17.2 Å². The Kier molecular flexibility index (Phi) is 33.6. The monoisotopic (exact) mass is 1260 g/mol. The van der Waals surface area contributed by atoms with Gasteiger partial charge in [0.1, 0.15) is 17.2 Å². The van der Waals surface area contributed by atoms with Crippen LogP contribution < -0.4 is 46.1 Å². The highest BCUT2D eigenvalue weighted by atomic mass is 16.5. The van der Waals surface area contributed by atoms with Crippen molar-refractivity contribution in [3.05, 3.63) is 162 Å². The molecule has 0 aliphatic heterocycles. The first kappa shape index (κ1) is 72.0. The zero-order chi connectivity index (χ0) is 65.2. The Labute approximate surface area is 557 Å². The first-order valence-electron chi connectivity index (χ1n) is 35.2. The molecule has 0 fully saturated rings. The van der Waals surface area contributed by atoms with E-state index in [1.54, 1.807) is 0 Å². The van der Waals surface area contributed by atoms with Gasteiger partial charge in [-0.2, -0.15) is 29.9 Å². The summed E-state index contributed by atoms with van der Waals surface area (Å²) in [7, 11) is 0. The highest BCUT2D eigenvalue weighted by molar-refractivity contribution is 5.65. The smallest absolute Gasteiger partial charge is 0.233 e. The van der Waals surface area contributed by atoms with Crippen molar-refractivity contribution in [2.45, 2.75) is 215 Å². The van der Waals surface area contributed by atoms with E-state index in [2.05, 4.69) is 67.6 Å². The molecule has 0 saturated heterocycles. The van der Waals surface area contributed by atoms with Crippen LogP contribution in [0, 0.1) is 20.8 Å². The number of benzene rings is 6. The summed E-state index contributed by atoms with van der Waals surface area (Å²) in [6.45, 7) is 15.2. The number of hydrogen-bond donors (Lipinski definition) is 6. The summed E-state index contributed by atoms with van der Waals surface area (Å²) in [4.78, 5) is 27.9. The third kappa shape index (κ3) is 30.2. The van der Waals surface area contributed by atoms with Crippen molar-refractivity contribution in [1.82, 2.24) is 29.9 Å². The lowest BCUT2D eigenvalue weighted by Gasteiger charge is -2.13. The first-order valence-corrected chi connectivity index (χ1v) is 35.2. The Morgan fingerprint density at radius 3 is 0.656 bits per heavy atom. The van der Waals surface area contributed by atoms with Crippen LogP contribution in [0.1, 0.15) is 211 Å². The summed E-state index contributed by atoms with van der Waals surface area (Å²) in [6, 6.07) is 48.2. The molecule has 0 bridgehead atoms. The molecule has 15 nitrogen and oxygen atoms in total. The Morgan fingerprint density at radius 2 is 0.441 bits per heavy atom. The van der Waals surface area contributed by atoms with E-state index < -0.39 is 0 Å². The molecule has 0 saturated carbocycles. The van der Waals surface area contributed by atoms with Gasteiger partial charge in [0.15, 0.2) is 0 Å². The number of anilines is 12. The van der Waals surface area contributed by atoms with Crippen molar-refractivity contribution in [2.24, 2.45) is 0 Å². The lowest BCUT2D eigenvalue weighted by molar-refractivity contribution is 0.304. The zero-order valence-corrected chi connectivity index (χ0v) is 57.0. The van der Waals surface area contributed by atoms with Crippen molar-refractivity contribution in [3.63, 3.8) is 0 Å². The van der Waals surface area contributed by atoms with Gasteiger partial charge >= 0.3 is 0 Å². The summed E-state index contributed by atoms with van der Waals surface area (Å²) >= 11 is 0. The van der Waals surface area contributed by atoms with Crippen LogP contribution in [0.15, 0.2) is 146 Å². The minimum atomic E-state index is 0.417. The predicted molar refractivity (Wildman–Crippen MR) is 390 cm³/mol. The number of ether oxygens (including phenoxy) is 3. The molecular weight excluding hydrogens is 1150 g/mol. The van der Waals surface area contributed by atoms with E-state index >= 15 is 0 Å². The van der Waals surface area contributed by atoms with Crippen LogP contribution >= 0.6 is 0 Å². The molecular formula is C78H108N12O3. The fourth-order valence-corrected chi connectivity index (χ4v) is 10.7. The van der Waals surface area contributed by atoms with Gasteiger partial charge in [0.2, 0.25) is 35.7 Å². The predicted octanol–water partition coefficient (Wildman–Crippen LogP) is 22.9. The van der Waals surface area contributed by atoms with Gasteiger partial charge in [-0.3, -0.25) is 0 Å². The van der Waals surface area contributed by atoms with Crippen molar-refractivity contribution in [2.75, 3.05) is 51.7 Å². The molecule has 0 radical (unpaired) electrons. The average Bonchev–Trinajstić information content (AvgIpc) is 3.75. The van der Waals surface area contributed by atoms with Crippen LogP contribution in [0.2, 0.25) is 0 Å². The molecule has 6 aromatic carbocycles. The Hall–Kier alpha value is -8.46. The van der Waals surface area contributed by atoms with E-state index in [9.17, 15) is 0 Å². The number of nitrogens with one attached hydrogen (secondary N) is 6. The fourth-order valence-electron chi connectivity index (χ4n) is 10.7. The second-order valence-electron chi connectivity index (χ2n) is 24.6. The molecule has 0 amide bonds. The van der Waals surface area contributed by atoms with Crippen LogP contribution in [0.4, 0.5) is 69.8 Å². The second-order valence-corrected chi connectivity index (χ2v) is 24.6. The molecule has 93 heavy (non-hydrogen) atoms. The minimum absolute atomic E-state index is 0.417. The topological polar surface area (TPSA) is 177 Å². The third-order valence-electron chi connectivity index (χ3n) is 16.0. The second kappa shape index (κ2) is 43.4. The van der Waals surface area contributed by atoms with Crippen molar-refractivity contribution in [1.29, 1.82) is 0 Å². The summed E-state index contributed by atoms with van der Waals surface area (Å²) in [5, 5.41) is 20.0. The van der Waals surface area contributed by atoms with E-state index in [0.717, 1.165) is 107 Å².